The molecule has 0 aliphatic rings. The van der Waals surface area contributed by atoms with Crippen LogP contribution in [0.1, 0.15) is 40.7 Å². The Morgan fingerprint density at radius 1 is 0.907 bits per heavy atom. The lowest BCUT2D eigenvalue weighted by atomic mass is 9.87. The molecule has 0 aliphatic heterocycles. The SMILES string of the molecule is CC(=O)NCCc1ccccc1-c1ccc(C(C[NH3+])Cc2ccc(OCCOc3c(Cl)cc(C)cc3Cl)cc2)c(C)c1.[Cl-]. The molecule has 0 aromatic heterocycles. The highest BCUT2D eigenvalue weighted by Crippen LogP contribution is 2.34. The van der Waals surface area contributed by atoms with Gasteiger partial charge < -0.3 is 32.9 Å². The van der Waals surface area contributed by atoms with Crippen LogP contribution in [-0.2, 0) is 17.6 Å². The van der Waals surface area contributed by atoms with Gasteiger partial charge in [0.05, 0.1) is 16.6 Å². The maximum absolute atomic E-state index is 11.3. The van der Waals surface area contributed by atoms with Crippen molar-refractivity contribution in [3.63, 3.8) is 0 Å². The Bertz CT molecular complexity index is 1490. The minimum Gasteiger partial charge on any atom is -1.00 e. The minimum absolute atomic E-state index is 0. The largest absolute Gasteiger partial charge is 1.00 e. The van der Waals surface area contributed by atoms with Crippen molar-refractivity contribution < 1.29 is 32.4 Å². The lowest BCUT2D eigenvalue weighted by Crippen LogP contribution is -3.00. The fourth-order valence-electron chi connectivity index (χ4n) is 5.20. The van der Waals surface area contributed by atoms with Crippen LogP contribution in [0, 0.1) is 13.8 Å². The van der Waals surface area contributed by atoms with Crippen molar-refractivity contribution >= 4 is 29.1 Å². The van der Waals surface area contributed by atoms with Gasteiger partial charge >= 0.3 is 0 Å². The molecular formula is C35H39Cl3N2O3. The second kappa shape index (κ2) is 16.6. The van der Waals surface area contributed by atoms with Gasteiger partial charge in [0.15, 0.2) is 5.75 Å². The molecule has 0 spiro atoms. The maximum Gasteiger partial charge on any atom is 0.216 e. The molecule has 1 atom stereocenters. The first-order valence-corrected chi connectivity index (χ1v) is 15.0. The average molecular weight is 642 g/mol. The Morgan fingerprint density at radius 2 is 1.58 bits per heavy atom. The first-order valence-electron chi connectivity index (χ1n) is 14.3. The second-order valence-electron chi connectivity index (χ2n) is 10.5. The Morgan fingerprint density at radius 3 is 2.23 bits per heavy atom. The van der Waals surface area contributed by atoms with Crippen LogP contribution >= 0.6 is 23.2 Å². The van der Waals surface area contributed by atoms with Gasteiger partial charge in [-0.05, 0) is 89.9 Å². The minimum atomic E-state index is -0.00551. The lowest BCUT2D eigenvalue weighted by Gasteiger charge is -2.18. The summed E-state index contributed by atoms with van der Waals surface area (Å²) in [5, 5.41) is 3.89. The van der Waals surface area contributed by atoms with E-state index in [0.717, 1.165) is 30.7 Å². The van der Waals surface area contributed by atoms with E-state index in [1.165, 1.54) is 33.4 Å². The number of hydrogen-bond acceptors (Lipinski definition) is 3. The molecule has 0 saturated carbocycles. The Balaban J connectivity index is 0.00000506. The van der Waals surface area contributed by atoms with E-state index in [-0.39, 0.29) is 18.3 Å². The van der Waals surface area contributed by atoms with Crippen LogP contribution in [0.15, 0.2) is 78.9 Å². The van der Waals surface area contributed by atoms with Gasteiger partial charge in [-0.1, -0.05) is 77.8 Å². The lowest BCUT2D eigenvalue weighted by molar-refractivity contribution is -0.372. The fourth-order valence-corrected chi connectivity index (χ4v) is 5.90. The molecule has 4 aromatic rings. The standard InChI is InChI=1S/C35H38Cl2N2O3.ClH/c1-23-18-33(36)35(34(37)19-23)42-17-16-41-30-11-8-26(9-12-30)21-29(22-38)31-13-10-28(20-24(31)2)32-7-5-4-6-27(32)14-15-39-25(3)40;/h4-13,18-20,29H,14-17,21-22,38H2,1-3H3,(H,39,40);1H. The Labute approximate surface area is 271 Å². The number of halogens is 3. The molecule has 0 aliphatic carbocycles. The summed E-state index contributed by atoms with van der Waals surface area (Å²) < 4.78 is 11.6. The first kappa shape index (κ1) is 34.3. The summed E-state index contributed by atoms with van der Waals surface area (Å²) in [5.41, 5.74) is 12.7. The van der Waals surface area contributed by atoms with E-state index in [9.17, 15) is 4.79 Å². The number of ether oxygens (including phenoxy) is 2. The zero-order chi connectivity index (χ0) is 30.1. The molecule has 43 heavy (non-hydrogen) atoms. The predicted octanol–water partition coefficient (Wildman–Crippen LogP) is 3.99. The molecule has 5 nitrogen and oxygen atoms in total. The van der Waals surface area contributed by atoms with Crippen molar-refractivity contribution in [1.29, 1.82) is 0 Å². The molecule has 4 rings (SSSR count). The van der Waals surface area contributed by atoms with E-state index in [4.69, 9.17) is 32.7 Å². The van der Waals surface area contributed by atoms with Crippen LogP contribution in [0.2, 0.25) is 10.0 Å². The maximum atomic E-state index is 11.3. The highest BCUT2D eigenvalue weighted by Gasteiger charge is 2.17. The molecule has 1 unspecified atom stereocenters. The zero-order valence-corrected chi connectivity index (χ0v) is 27.2. The van der Waals surface area contributed by atoms with Gasteiger partial charge in [0.1, 0.15) is 19.0 Å². The van der Waals surface area contributed by atoms with E-state index in [2.05, 4.69) is 66.5 Å². The number of quaternary nitrogens is 1. The third-order valence-electron chi connectivity index (χ3n) is 7.30. The van der Waals surface area contributed by atoms with Gasteiger partial charge in [-0.25, -0.2) is 0 Å². The summed E-state index contributed by atoms with van der Waals surface area (Å²) in [6.45, 7) is 7.80. The number of amides is 1. The highest BCUT2D eigenvalue weighted by molar-refractivity contribution is 6.37. The quantitative estimate of drug-likeness (QED) is 0.217. The van der Waals surface area contributed by atoms with Crippen molar-refractivity contribution in [1.82, 2.24) is 5.32 Å². The first-order chi connectivity index (χ1) is 20.2. The molecule has 8 heteroatoms. The number of nitrogens with one attached hydrogen (secondary N) is 1. The van der Waals surface area contributed by atoms with Crippen molar-refractivity contribution in [2.45, 2.75) is 39.5 Å². The van der Waals surface area contributed by atoms with E-state index in [1.54, 1.807) is 6.92 Å². The van der Waals surface area contributed by atoms with Crippen LogP contribution in [0.3, 0.4) is 0 Å². The third-order valence-corrected chi connectivity index (χ3v) is 7.86. The van der Waals surface area contributed by atoms with E-state index >= 15 is 0 Å². The molecule has 0 heterocycles. The molecule has 1 amide bonds. The summed E-state index contributed by atoms with van der Waals surface area (Å²) in [6, 6.07) is 27.0. The molecule has 4 N–H and O–H groups in total. The van der Waals surface area contributed by atoms with E-state index in [1.807, 2.05) is 37.3 Å². The van der Waals surface area contributed by atoms with Crippen LogP contribution in [0.25, 0.3) is 11.1 Å². The Kier molecular flexibility index (Phi) is 13.2. The van der Waals surface area contributed by atoms with E-state index in [0.29, 0.717) is 41.5 Å². The van der Waals surface area contributed by atoms with Gasteiger partial charge in [-0.3, -0.25) is 4.79 Å². The number of carbonyl (C=O) groups is 1. The molecule has 0 fully saturated rings. The van der Waals surface area contributed by atoms with Crippen LogP contribution in [0.4, 0.5) is 0 Å². The molecule has 0 bridgehead atoms. The topological polar surface area (TPSA) is 75.2 Å². The predicted molar refractivity (Wildman–Crippen MR) is 172 cm³/mol. The van der Waals surface area contributed by atoms with Crippen molar-refractivity contribution in [3.8, 4) is 22.6 Å². The number of rotatable bonds is 13. The molecule has 0 radical (unpaired) electrons. The summed E-state index contributed by atoms with van der Waals surface area (Å²) in [7, 11) is 0. The molecule has 0 saturated heterocycles. The van der Waals surface area contributed by atoms with Crippen LogP contribution in [-0.4, -0.2) is 32.2 Å². The van der Waals surface area contributed by atoms with E-state index < -0.39 is 0 Å². The normalized spacial score (nSPS) is 11.4. The monoisotopic (exact) mass is 640 g/mol. The number of hydrogen-bond donors (Lipinski definition) is 2. The number of aryl methyl sites for hydroxylation is 2. The van der Waals surface area contributed by atoms with Gasteiger partial charge in [0.25, 0.3) is 0 Å². The molecular weight excluding hydrogens is 603 g/mol. The number of benzene rings is 4. The fraction of sp³-hybridized carbons (Fsp3) is 0.286. The van der Waals surface area contributed by atoms with Crippen molar-refractivity contribution in [2.24, 2.45) is 0 Å². The van der Waals surface area contributed by atoms with Gasteiger partial charge in [-0.2, -0.15) is 0 Å². The molecule has 228 valence electrons. The van der Waals surface area contributed by atoms with Gasteiger partial charge in [0.2, 0.25) is 5.91 Å². The van der Waals surface area contributed by atoms with Gasteiger partial charge in [-0.15, -0.1) is 0 Å². The van der Waals surface area contributed by atoms with Crippen molar-refractivity contribution in [2.75, 3.05) is 26.3 Å². The summed E-state index contributed by atoms with van der Waals surface area (Å²) >= 11 is 12.5. The second-order valence-corrected chi connectivity index (χ2v) is 11.4. The van der Waals surface area contributed by atoms with Crippen molar-refractivity contribution in [3.05, 3.63) is 117 Å². The summed E-state index contributed by atoms with van der Waals surface area (Å²) in [5.74, 6) is 1.57. The molecule has 4 aromatic carbocycles. The summed E-state index contributed by atoms with van der Waals surface area (Å²) in [6.07, 6.45) is 1.69. The average Bonchev–Trinajstić information content (AvgIpc) is 2.96. The number of carbonyl (C=O) groups excluding carboxylic acids is 1. The third kappa shape index (κ3) is 9.64. The van der Waals surface area contributed by atoms with Crippen LogP contribution in [0.5, 0.6) is 11.5 Å². The van der Waals surface area contributed by atoms with Crippen LogP contribution < -0.4 is 32.9 Å². The smallest absolute Gasteiger partial charge is 0.216 e. The van der Waals surface area contributed by atoms with Gasteiger partial charge in [0, 0.05) is 19.4 Å². The highest BCUT2D eigenvalue weighted by atomic mass is 35.5. The summed E-state index contributed by atoms with van der Waals surface area (Å²) in [4.78, 5) is 11.3. The zero-order valence-electron chi connectivity index (χ0n) is 24.9. The Hall–Kier alpha value is -3.22.